The minimum absolute atomic E-state index is 0.0402. The summed E-state index contributed by atoms with van der Waals surface area (Å²) >= 11 is 2.18. The topological polar surface area (TPSA) is 57.9 Å². The molecule has 3 nitrogen and oxygen atoms in total. The molecule has 0 unspecified atom stereocenters. The Morgan fingerprint density at radius 1 is 0.533 bits per heavy atom. The predicted molar refractivity (Wildman–Crippen MR) is 172 cm³/mol. The van der Waals surface area contributed by atoms with Crippen LogP contribution >= 0.6 is 23.5 Å². The lowest BCUT2D eigenvalue weighted by atomic mass is 10.0. The summed E-state index contributed by atoms with van der Waals surface area (Å²) in [6, 6.07) is 21.0. The summed E-state index contributed by atoms with van der Waals surface area (Å²) in [6.45, 7) is 0. The second kappa shape index (κ2) is 17.0. The van der Waals surface area contributed by atoms with E-state index in [1.807, 2.05) is 0 Å². The summed E-state index contributed by atoms with van der Waals surface area (Å²) in [7, 11) is 0. The molecular weight excluding hydrogens is 619 g/mol. The van der Waals surface area contributed by atoms with Crippen LogP contribution in [-0.2, 0) is 9.59 Å². The number of unbranched alkanes of at least 4 members (excludes halogenated alkanes) is 6. The Hall–Kier alpha value is -3.87. The first-order valence-corrected chi connectivity index (χ1v) is 16.3. The van der Waals surface area contributed by atoms with Crippen LogP contribution in [0.4, 0.5) is 17.6 Å². The van der Waals surface area contributed by atoms with Crippen molar-refractivity contribution in [2.24, 2.45) is 0 Å². The zero-order valence-corrected chi connectivity index (χ0v) is 26.1. The Kier molecular flexibility index (Phi) is 12.8. The van der Waals surface area contributed by atoms with Crippen molar-refractivity contribution in [1.29, 1.82) is 5.26 Å². The molecule has 0 aliphatic heterocycles. The number of carbonyl (C=O) groups is 2. The Morgan fingerprint density at radius 2 is 1.07 bits per heavy atom. The molecule has 0 saturated heterocycles. The Labute approximate surface area is 269 Å². The van der Waals surface area contributed by atoms with Crippen LogP contribution < -0.4 is 0 Å². The van der Waals surface area contributed by atoms with Crippen LogP contribution in [0.25, 0.3) is 22.3 Å². The minimum Gasteiger partial charge on any atom is -0.287 e. The molecule has 0 radical (unpaired) electrons. The quantitative estimate of drug-likeness (QED) is 0.0773. The first kappa shape index (κ1) is 34.0. The number of rotatable bonds is 14. The number of carbonyl (C=O) groups excluding carboxylic acids is 2. The van der Waals surface area contributed by atoms with Gasteiger partial charge in [-0.2, -0.15) is 5.26 Å². The molecule has 0 aliphatic carbocycles. The number of nitrogens with zero attached hydrogens (tertiary/aromatic N) is 1. The fraction of sp³-hybridized carbons (Fsp3) is 0.250. The van der Waals surface area contributed by atoms with Crippen LogP contribution in [0.3, 0.4) is 0 Å². The van der Waals surface area contributed by atoms with Crippen LogP contribution in [-0.4, -0.2) is 10.2 Å². The van der Waals surface area contributed by atoms with E-state index in [9.17, 15) is 27.2 Å². The fourth-order valence-corrected chi connectivity index (χ4v) is 6.33. The molecule has 232 valence electrons. The standard InChI is InChI=1S/C36H31F4NO2S2/c37-31-19-14-25(20-34(31)40)24-12-15-28(16-13-24)44-35(42)8-6-4-2-1-3-5-7-9-36(43)45-29-17-18-30(33(39)22-29)26-10-11-27(23-41)32(38)21-26/h10-22H,1-9H2. The molecule has 45 heavy (non-hydrogen) atoms. The molecule has 4 aromatic rings. The Balaban J connectivity index is 1.06. The van der Waals surface area contributed by atoms with Crippen molar-refractivity contribution < 1.29 is 27.2 Å². The van der Waals surface area contributed by atoms with Crippen LogP contribution in [0.2, 0.25) is 0 Å². The van der Waals surface area contributed by atoms with Crippen molar-refractivity contribution in [3.63, 3.8) is 0 Å². The normalized spacial score (nSPS) is 10.9. The molecule has 0 bridgehead atoms. The van der Waals surface area contributed by atoms with E-state index in [1.165, 1.54) is 42.1 Å². The molecular formula is C36H31F4NO2S2. The van der Waals surface area contributed by atoms with Crippen LogP contribution in [0.1, 0.15) is 63.4 Å². The van der Waals surface area contributed by atoms with Crippen LogP contribution in [0.15, 0.2) is 88.7 Å². The number of hydrogen-bond donors (Lipinski definition) is 0. The zero-order chi connectivity index (χ0) is 32.2. The molecule has 0 spiro atoms. The number of halogens is 4. The number of nitriles is 1. The van der Waals surface area contributed by atoms with Gasteiger partial charge in [-0.05, 0) is 78.1 Å². The predicted octanol–water partition coefficient (Wildman–Crippen LogP) is 10.9. The maximum Gasteiger partial charge on any atom is 0.193 e. The summed E-state index contributed by atoms with van der Waals surface area (Å²) < 4.78 is 55.2. The molecule has 0 amide bonds. The Bertz CT molecular complexity index is 1690. The minimum atomic E-state index is -0.896. The third-order valence-corrected chi connectivity index (χ3v) is 9.03. The largest absolute Gasteiger partial charge is 0.287 e. The second-order valence-corrected chi connectivity index (χ2v) is 12.8. The van der Waals surface area contributed by atoms with Crippen molar-refractivity contribution >= 4 is 33.8 Å². The SMILES string of the molecule is N#Cc1ccc(-c2ccc(SC(=O)CCCCCCCCCC(=O)Sc3ccc(-c4ccc(F)c(F)c4)cc3)cc2F)cc1F. The monoisotopic (exact) mass is 649 g/mol. The summed E-state index contributed by atoms with van der Waals surface area (Å²) in [5, 5.41) is 8.91. The number of hydrogen-bond acceptors (Lipinski definition) is 5. The van der Waals surface area contributed by atoms with E-state index in [0.717, 1.165) is 85.4 Å². The highest BCUT2D eigenvalue weighted by Crippen LogP contribution is 2.30. The van der Waals surface area contributed by atoms with Gasteiger partial charge in [0.2, 0.25) is 0 Å². The summed E-state index contributed by atoms with van der Waals surface area (Å²) in [5.74, 6) is -3.06. The van der Waals surface area contributed by atoms with E-state index in [-0.39, 0.29) is 21.4 Å². The first-order valence-electron chi connectivity index (χ1n) is 14.7. The third-order valence-electron chi connectivity index (χ3n) is 7.17. The van der Waals surface area contributed by atoms with E-state index < -0.39 is 23.3 Å². The highest BCUT2D eigenvalue weighted by atomic mass is 32.2. The summed E-state index contributed by atoms with van der Waals surface area (Å²) in [4.78, 5) is 26.0. The van der Waals surface area contributed by atoms with E-state index in [0.29, 0.717) is 28.9 Å². The van der Waals surface area contributed by atoms with Gasteiger partial charge in [0.15, 0.2) is 21.9 Å². The van der Waals surface area contributed by atoms with Gasteiger partial charge in [0, 0.05) is 28.2 Å². The van der Waals surface area contributed by atoms with Gasteiger partial charge in [0.25, 0.3) is 0 Å². The third kappa shape index (κ3) is 10.3. The van der Waals surface area contributed by atoms with E-state index in [1.54, 1.807) is 36.4 Å². The molecule has 0 aromatic heterocycles. The van der Waals surface area contributed by atoms with Crippen molar-refractivity contribution in [2.45, 2.75) is 67.6 Å². The molecule has 0 atom stereocenters. The van der Waals surface area contributed by atoms with Gasteiger partial charge in [-0.1, -0.05) is 86.0 Å². The van der Waals surface area contributed by atoms with Crippen molar-refractivity contribution in [1.82, 2.24) is 0 Å². The molecule has 4 aromatic carbocycles. The van der Waals surface area contributed by atoms with Crippen molar-refractivity contribution in [3.05, 3.63) is 108 Å². The van der Waals surface area contributed by atoms with Crippen LogP contribution in [0, 0.1) is 34.6 Å². The maximum atomic E-state index is 14.7. The number of thioether (sulfide) groups is 2. The van der Waals surface area contributed by atoms with Gasteiger partial charge in [-0.25, -0.2) is 17.6 Å². The lowest BCUT2D eigenvalue weighted by molar-refractivity contribution is -0.111. The van der Waals surface area contributed by atoms with Gasteiger partial charge < -0.3 is 0 Å². The number of benzene rings is 4. The second-order valence-electron chi connectivity index (χ2n) is 10.5. The Morgan fingerprint density at radius 3 is 1.64 bits per heavy atom. The average Bonchev–Trinajstić information content (AvgIpc) is 3.02. The fourth-order valence-electron chi connectivity index (χ4n) is 4.75. The van der Waals surface area contributed by atoms with E-state index >= 15 is 0 Å². The first-order chi connectivity index (χ1) is 21.7. The molecule has 0 heterocycles. The lowest BCUT2D eigenvalue weighted by Crippen LogP contribution is -1.94. The van der Waals surface area contributed by atoms with Crippen LogP contribution in [0.5, 0.6) is 0 Å². The zero-order valence-electron chi connectivity index (χ0n) is 24.5. The summed E-state index contributed by atoms with van der Waals surface area (Å²) in [5.41, 5.74) is 1.74. The smallest absolute Gasteiger partial charge is 0.193 e. The van der Waals surface area contributed by atoms with E-state index in [2.05, 4.69) is 0 Å². The van der Waals surface area contributed by atoms with Crippen molar-refractivity contribution in [3.8, 4) is 28.3 Å². The highest BCUT2D eigenvalue weighted by Gasteiger charge is 2.12. The molecule has 0 fully saturated rings. The van der Waals surface area contributed by atoms with Gasteiger partial charge >= 0.3 is 0 Å². The molecule has 0 saturated carbocycles. The van der Waals surface area contributed by atoms with Gasteiger partial charge in [-0.3, -0.25) is 9.59 Å². The molecule has 0 aliphatic rings. The average molecular weight is 650 g/mol. The molecule has 4 rings (SSSR count). The van der Waals surface area contributed by atoms with Crippen molar-refractivity contribution in [2.75, 3.05) is 0 Å². The maximum absolute atomic E-state index is 14.7. The van der Waals surface area contributed by atoms with Gasteiger partial charge in [-0.15, -0.1) is 0 Å². The lowest BCUT2D eigenvalue weighted by Gasteiger charge is -2.07. The summed E-state index contributed by atoms with van der Waals surface area (Å²) in [6.07, 6.45) is 7.33. The van der Waals surface area contributed by atoms with Gasteiger partial charge in [0.05, 0.1) is 5.56 Å². The highest BCUT2D eigenvalue weighted by molar-refractivity contribution is 8.13. The molecule has 0 N–H and O–H groups in total. The van der Waals surface area contributed by atoms with E-state index in [4.69, 9.17) is 5.26 Å². The van der Waals surface area contributed by atoms with Gasteiger partial charge in [0.1, 0.15) is 17.7 Å². The molecule has 9 heteroatoms.